The van der Waals surface area contributed by atoms with Crippen LogP contribution in [0.4, 0.5) is 5.69 Å². The monoisotopic (exact) mass is 316 g/mol. The summed E-state index contributed by atoms with van der Waals surface area (Å²) in [5.74, 6) is 1.16. The van der Waals surface area contributed by atoms with E-state index in [0.29, 0.717) is 11.5 Å². The molecule has 2 aliphatic heterocycles. The number of pyridine rings is 1. The predicted molar refractivity (Wildman–Crippen MR) is 92.5 cm³/mol. The normalized spacial score (nSPS) is 23.9. The molecule has 0 saturated carbocycles. The fourth-order valence-corrected chi connectivity index (χ4v) is 3.90. The van der Waals surface area contributed by atoms with Gasteiger partial charge in [0.2, 0.25) is 0 Å². The van der Waals surface area contributed by atoms with Crippen LogP contribution in [0.1, 0.15) is 43.0 Å². The lowest BCUT2D eigenvalue weighted by molar-refractivity contribution is 0.1000. The predicted octanol–water partition coefficient (Wildman–Crippen LogP) is 2.13. The molecule has 0 aliphatic carbocycles. The van der Waals surface area contributed by atoms with Crippen molar-refractivity contribution in [3.8, 4) is 0 Å². The van der Waals surface area contributed by atoms with Gasteiger partial charge in [-0.15, -0.1) is 0 Å². The van der Waals surface area contributed by atoms with Gasteiger partial charge < -0.3 is 15.5 Å². The summed E-state index contributed by atoms with van der Waals surface area (Å²) >= 11 is 0. The van der Waals surface area contributed by atoms with Gasteiger partial charge in [-0.2, -0.15) is 0 Å². The molecule has 3 rings (SSSR count). The first-order valence-electron chi connectivity index (χ1n) is 8.84. The van der Waals surface area contributed by atoms with Crippen molar-refractivity contribution in [1.82, 2.24) is 9.88 Å². The lowest BCUT2D eigenvalue weighted by Crippen LogP contribution is -2.43. The summed E-state index contributed by atoms with van der Waals surface area (Å²) in [6, 6.07) is 1.92. The number of piperidine rings is 2. The number of aromatic nitrogens is 1. The minimum absolute atomic E-state index is 0.389. The summed E-state index contributed by atoms with van der Waals surface area (Å²) in [5, 5.41) is 0. The van der Waals surface area contributed by atoms with E-state index in [-0.39, 0.29) is 5.91 Å². The lowest BCUT2D eigenvalue weighted by Gasteiger charge is -2.39. The second kappa shape index (κ2) is 7.30. The Hall–Kier alpha value is -1.62. The van der Waals surface area contributed by atoms with Crippen molar-refractivity contribution in [3.05, 3.63) is 24.0 Å². The Bertz CT molecular complexity index is 540. The molecule has 3 heterocycles. The zero-order valence-electron chi connectivity index (χ0n) is 14.1. The maximum absolute atomic E-state index is 11.6. The van der Waals surface area contributed by atoms with E-state index in [1.807, 2.05) is 6.07 Å². The number of amides is 1. The van der Waals surface area contributed by atoms with Gasteiger partial charge in [0.1, 0.15) is 0 Å². The smallest absolute Gasteiger partial charge is 0.252 e. The van der Waals surface area contributed by atoms with Gasteiger partial charge in [-0.3, -0.25) is 9.78 Å². The highest BCUT2D eigenvalue weighted by molar-refractivity contribution is 5.98. The van der Waals surface area contributed by atoms with E-state index in [4.69, 9.17) is 5.73 Å². The molecule has 1 aromatic heterocycles. The zero-order valence-corrected chi connectivity index (χ0v) is 14.1. The average molecular weight is 316 g/mol. The van der Waals surface area contributed by atoms with Crippen molar-refractivity contribution < 1.29 is 4.79 Å². The molecule has 2 fully saturated rings. The Balaban J connectivity index is 1.63. The van der Waals surface area contributed by atoms with Gasteiger partial charge in [0.25, 0.3) is 5.91 Å². The van der Waals surface area contributed by atoms with Gasteiger partial charge in [-0.05, 0) is 56.7 Å². The fraction of sp³-hybridized carbons (Fsp3) is 0.667. The first-order valence-corrected chi connectivity index (χ1v) is 8.84. The molecular weight excluding hydrogens is 288 g/mol. The largest absolute Gasteiger partial charge is 0.370 e. The highest BCUT2D eigenvalue weighted by atomic mass is 16.1. The van der Waals surface area contributed by atoms with E-state index >= 15 is 0 Å². The molecule has 0 bridgehead atoms. The number of anilines is 1. The Morgan fingerprint density at radius 2 is 2.09 bits per heavy atom. The Labute approximate surface area is 138 Å². The van der Waals surface area contributed by atoms with Gasteiger partial charge in [-0.25, -0.2) is 0 Å². The van der Waals surface area contributed by atoms with E-state index in [2.05, 4.69) is 21.7 Å². The van der Waals surface area contributed by atoms with Crippen molar-refractivity contribution in [2.45, 2.75) is 32.6 Å². The number of nitrogens with zero attached hydrogens (tertiary/aromatic N) is 3. The van der Waals surface area contributed by atoms with Gasteiger partial charge in [0, 0.05) is 32.0 Å². The second-order valence-electron chi connectivity index (χ2n) is 7.19. The molecule has 5 nitrogen and oxygen atoms in total. The number of nitrogens with two attached hydrogens (primary N) is 1. The molecule has 1 atom stereocenters. The maximum atomic E-state index is 11.6. The van der Waals surface area contributed by atoms with Gasteiger partial charge in [0.05, 0.1) is 11.3 Å². The number of primary amides is 1. The highest BCUT2D eigenvalue weighted by Crippen LogP contribution is 2.27. The molecule has 126 valence electrons. The third kappa shape index (κ3) is 4.02. The van der Waals surface area contributed by atoms with Crippen LogP contribution in [0.5, 0.6) is 0 Å². The van der Waals surface area contributed by atoms with Crippen LogP contribution in [-0.2, 0) is 0 Å². The molecule has 2 N–H and O–H groups in total. The van der Waals surface area contributed by atoms with E-state index in [0.717, 1.165) is 24.7 Å². The van der Waals surface area contributed by atoms with E-state index < -0.39 is 0 Å². The Morgan fingerprint density at radius 3 is 2.83 bits per heavy atom. The van der Waals surface area contributed by atoms with Crippen LogP contribution < -0.4 is 10.6 Å². The molecule has 23 heavy (non-hydrogen) atoms. The standard InChI is InChI=1S/C18H28N4O/c1-14-5-9-21(10-6-14)12-15-3-2-8-22(13-15)17-4-7-20-11-16(17)18(19)23/h4,7,11,14-15H,2-3,5-6,8-10,12-13H2,1H3,(H2,19,23). The summed E-state index contributed by atoms with van der Waals surface area (Å²) in [6.07, 6.45) is 8.44. The SMILES string of the molecule is CC1CCN(CC2CCCN(c3ccncc3C(N)=O)C2)CC1. The van der Waals surface area contributed by atoms with Crippen LogP contribution >= 0.6 is 0 Å². The molecule has 5 heteroatoms. The summed E-state index contributed by atoms with van der Waals surface area (Å²) in [6.45, 7) is 8.02. The number of likely N-dealkylation sites (tertiary alicyclic amines) is 1. The minimum atomic E-state index is -0.389. The summed E-state index contributed by atoms with van der Waals surface area (Å²) < 4.78 is 0. The number of carbonyl (C=O) groups excluding carboxylic acids is 1. The zero-order chi connectivity index (χ0) is 16.2. The summed E-state index contributed by atoms with van der Waals surface area (Å²) in [4.78, 5) is 20.6. The summed E-state index contributed by atoms with van der Waals surface area (Å²) in [7, 11) is 0. The Morgan fingerprint density at radius 1 is 1.30 bits per heavy atom. The summed E-state index contributed by atoms with van der Waals surface area (Å²) in [5.41, 5.74) is 6.99. The van der Waals surface area contributed by atoms with Crippen LogP contribution in [0.15, 0.2) is 18.5 Å². The van der Waals surface area contributed by atoms with Crippen LogP contribution in [0, 0.1) is 11.8 Å². The van der Waals surface area contributed by atoms with Crippen molar-refractivity contribution >= 4 is 11.6 Å². The molecule has 2 saturated heterocycles. The maximum Gasteiger partial charge on any atom is 0.252 e. The van der Waals surface area contributed by atoms with Crippen molar-refractivity contribution in [2.75, 3.05) is 37.6 Å². The number of hydrogen-bond donors (Lipinski definition) is 1. The first kappa shape index (κ1) is 16.2. The molecule has 1 unspecified atom stereocenters. The third-order valence-corrected chi connectivity index (χ3v) is 5.32. The molecule has 1 aromatic rings. The van der Waals surface area contributed by atoms with E-state index in [1.54, 1.807) is 12.4 Å². The lowest BCUT2D eigenvalue weighted by atomic mass is 9.94. The molecule has 0 aromatic carbocycles. The quantitative estimate of drug-likeness (QED) is 0.924. The third-order valence-electron chi connectivity index (χ3n) is 5.32. The molecular formula is C18H28N4O. The van der Waals surface area contributed by atoms with E-state index in [9.17, 15) is 4.79 Å². The van der Waals surface area contributed by atoms with Gasteiger partial charge >= 0.3 is 0 Å². The fourth-order valence-electron chi connectivity index (χ4n) is 3.90. The first-order chi connectivity index (χ1) is 11.1. The Kier molecular flexibility index (Phi) is 5.16. The van der Waals surface area contributed by atoms with Gasteiger partial charge in [-0.1, -0.05) is 6.92 Å². The van der Waals surface area contributed by atoms with Crippen LogP contribution in [0.2, 0.25) is 0 Å². The molecule has 0 spiro atoms. The van der Waals surface area contributed by atoms with Crippen LogP contribution in [0.3, 0.4) is 0 Å². The van der Waals surface area contributed by atoms with Crippen molar-refractivity contribution in [1.29, 1.82) is 0 Å². The van der Waals surface area contributed by atoms with Crippen molar-refractivity contribution in [3.63, 3.8) is 0 Å². The highest BCUT2D eigenvalue weighted by Gasteiger charge is 2.26. The van der Waals surface area contributed by atoms with Crippen LogP contribution in [-0.4, -0.2) is 48.5 Å². The number of carbonyl (C=O) groups is 1. The molecule has 0 radical (unpaired) electrons. The van der Waals surface area contributed by atoms with Crippen LogP contribution in [0.25, 0.3) is 0 Å². The average Bonchev–Trinajstić information content (AvgIpc) is 2.57. The van der Waals surface area contributed by atoms with Crippen molar-refractivity contribution in [2.24, 2.45) is 17.6 Å². The molecule has 2 aliphatic rings. The molecule has 1 amide bonds. The minimum Gasteiger partial charge on any atom is -0.370 e. The number of rotatable bonds is 4. The van der Waals surface area contributed by atoms with E-state index in [1.165, 1.54) is 45.3 Å². The van der Waals surface area contributed by atoms with Gasteiger partial charge in [0.15, 0.2) is 0 Å². The second-order valence-corrected chi connectivity index (χ2v) is 7.19. The number of hydrogen-bond acceptors (Lipinski definition) is 4. The topological polar surface area (TPSA) is 62.5 Å².